The Morgan fingerprint density at radius 3 is 2.35 bits per heavy atom. The van der Waals surface area contributed by atoms with Gasteiger partial charge in [-0.05, 0) is 54.5 Å². The number of carbonyl (C=O) groups is 1. The van der Waals surface area contributed by atoms with Crippen molar-refractivity contribution < 1.29 is 32.5 Å². The molecule has 0 aliphatic heterocycles. The van der Waals surface area contributed by atoms with Crippen LogP contribution in [0.4, 0.5) is 11.6 Å². The monoisotopic (exact) mass is 563 g/mol. The maximum Gasteiger partial charge on any atom is 0.356 e. The Morgan fingerprint density at radius 1 is 1.00 bits per heavy atom. The van der Waals surface area contributed by atoms with Crippen LogP contribution in [0.15, 0.2) is 67.5 Å². The van der Waals surface area contributed by atoms with Crippen LogP contribution in [0.25, 0.3) is 17.0 Å². The molecule has 1 N–H and O–H groups in total. The number of esters is 1. The first-order valence-electron chi connectivity index (χ1n) is 11.6. The molecule has 3 heterocycles. The van der Waals surface area contributed by atoms with E-state index < -0.39 is 17.2 Å². The summed E-state index contributed by atoms with van der Waals surface area (Å²) in [5.74, 6) is -0.203. The van der Waals surface area contributed by atoms with E-state index in [1.54, 1.807) is 42.5 Å². The van der Waals surface area contributed by atoms with Crippen molar-refractivity contribution in [3.63, 3.8) is 0 Å². The molecule has 3 aromatic heterocycles. The van der Waals surface area contributed by atoms with Crippen LogP contribution >= 0.6 is 0 Å². The first-order valence-corrected chi connectivity index (χ1v) is 12.7. The Labute approximate surface area is 232 Å². The first kappa shape index (κ1) is 28.1. The normalized spacial score (nSPS) is 11.3. The summed E-state index contributed by atoms with van der Waals surface area (Å²) in [6.07, 6.45) is 2.90. The predicted molar refractivity (Wildman–Crippen MR) is 148 cm³/mol. The van der Waals surface area contributed by atoms with Gasteiger partial charge in [-0.2, -0.15) is 9.29 Å². The molecule has 0 spiro atoms. The van der Waals surface area contributed by atoms with Crippen molar-refractivity contribution in [1.29, 1.82) is 0 Å². The van der Waals surface area contributed by atoms with Gasteiger partial charge < -0.3 is 18.9 Å². The first-order chi connectivity index (χ1) is 19.3. The minimum Gasteiger partial charge on any atom is -0.493 e. The number of benzene rings is 1. The summed E-state index contributed by atoms with van der Waals surface area (Å²) < 4.78 is 46.1. The summed E-state index contributed by atoms with van der Waals surface area (Å²) in [7, 11) is 4.07. The van der Waals surface area contributed by atoms with E-state index in [1.165, 1.54) is 39.8 Å². The molecule has 1 aromatic carbocycles. The predicted octanol–water partition coefficient (Wildman–Crippen LogP) is 4.84. The van der Waals surface area contributed by atoms with Crippen LogP contribution in [-0.2, 0) is 16.0 Å². The molecule has 0 bridgehead atoms. The van der Waals surface area contributed by atoms with Gasteiger partial charge in [0, 0.05) is 18.0 Å². The van der Waals surface area contributed by atoms with E-state index in [1.807, 2.05) is 6.92 Å². The van der Waals surface area contributed by atoms with Crippen molar-refractivity contribution in [3.8, 4) is 34.5 Å². The van der Waals surface area contributed by atoms with Crippen molar-refractivity contribution >= 4 is 34.4 Å². The van der Waals surface area contributed by atoms with Gasteiger partial charge >= 0.3 is 5.97 Å². The van der Waals surface area contributed by atoms with Crippen LogP contribution in [0, 0.1) is 0 Å². The molecule has 0 aliphatic rings. The Morgan fingerprint density at radius 2 is 1.75 bits per heavy atom. The second-order valence-electron chi connectivity index (χ2n) is 8.09. The van der Waals surface area contributed by atoms with E-state index in [-0.39, 0.29) is 40.5 Å². The second kappa shape index (κ2) is 12.3. The number of rotatable bonds is 10. The smallest absolute Gasteiger partial charge is 0.356 e. The average molecular weight is 564 g/mol. The topological polar surface area (TPSA) is 146 Å². The van der Waals surface area contributed by atoms with E-state index in [0.717, 1.165) is 15.4 Å². The lowest BCUT2D eigenvalue weighted by Crippen LogP contribution is -2.23. The van der Waals surface area contributed by atoms with E-state index in [2.05, 4.69) is 26.5 Å². The zero-order valence-electron chi connectivity index (χ0n) is 22.0. The lowest BCUT2D eigenvalue weighted by molar-refractivity contribution is 0.0594. The quantitative estimate of drug-likeness (QED) is 0.209. The number of hydrogen-bond donors (Lipinski definition) is 1. The highest BCUT2D eigenvalue weighted by atomic mass is 32.2. The highest BCUT2D eigenvalue weighted by molar-refractivity contribution is 7.81. The van der Waals surface area contributed by atoms with Gasteiger partial charge in [0.05, 0.1) is 21.3 Å². The van der Waals surface area contributed by atoms with E-state index in [0.29, 0.717) is 11.3 Å². The molecule has 0 fully saturated rings. The molecular formula is C27H25N5O7S. The summed E-state index contributed by atoms with van der Waals surface area (Å²) in [5, 5.41) is 0. The maximum absolute atomic E-state index is 12.8. The Kier molecular flexibility index (Phi) is 8.67. The summed E-state index contributed by atoms with van der Waals surface area (Å²) in [5.41, 5.74) is 1.87. The van der Waals surface area contributed by atoms with E-state index in [9.17, 15) is 13.6 Å². The third-order valence-electron chi connectivity index (χ3n) is 5.50. The molecule has 1 unspecified atom stereocenters. The fraction of sp³-hybridized carbons (Fsp3) is 0.148. The molecule has 0 aliphatic carbocycles. The number of carbonyl (C=O) groups excluding carboxylic acids is 1. The minimum absolute atomic E-state index is 0.0121. The van der Waals surface area contributed by atoms with Crippen LogP contribution in [0.1, 0.15) is 23.0 Å². The second-order valence-corrected chi connectivity index (χ2v) is 8.92. The Hall–Kier alpha value is -4.88. The molecule has 0 amide bonds. The lowest BCUT2D eigenvalue weighted by Gasteiger charge is -2.23. The number of para-hydroxylation sites is 2. The Bertz CT molecular complexity index is 1580. The third-order valence-corrected chi connectivity index (χ3v) is 6.17. The number of allylic oxidation sites excluding steroid dienone is 1. The van der Waals surface area contributed by atoms with Crippen molar-refractivity contribution in [1.82, 2.24) is 19.9 Å². The molecular weight excluding hydrogens is 538 g/mol. The van der Waals surface area contributed by atoms with Crippen molar-refractivity contribution in [3.05, 3.63) is 78.8 Å². The summed E-state index contributed by atoms with van der Waals surface area (Å²) >= 11 is -2.68. The SMILES string of the molecule is C=C(C)c1ccc(N(c2nc(-c3ccnc(C(=O)OC)c3)nc(OC)c2Oc2ccccc2OC)S(=O)O)nc1. The molecule has 206 valence electrons. The van der Waals surface area contributed by atoms with Gasteiger partial charge in [-0.3, -0.25) is 4.55 Å². The highest BCUT2D eigenvalue weighted by Crippen LogP contribution is 2.44. The number of pyridine rings is 2. The molecule has 4 aromatic rings. The van der Waals surface area contributed by atoms with Crippen LogP contribution in [-0.4, -0.2) is 56.0 Å². The van der Waals surface area contributed by atoms with Crippen molar-refractivity contribution in [2.45, 2.75) is 6.92 Å². The standard InChI is InChI=1S/C27H25N5O7S/c1-16(2)18-10-11-22(29-15-18)32(40(34)35)25-23(39-21-9-7-6-8-20(21)36-3)26(37-4)31-24(30-25)17-12-13-28-19(14-17)27(33)38-5/h6-15H,1H2,2-5H3,(H,34,35). The molecule has 40 heavy (non-hydrogen) atoms. The van der Waals surface area contributed by atoms with Gasteiger partial charge in [0.15, 0.2) is 23.1 Å². The zero-order valence-corrected chi connectivity index (χ0v) is 22.8. The van der Waals surface area contributed by atoms with Crippen LogP contribution in [0.2, 0.25) is 0 Å². The molecule has 1 atom stereocenters. The number of aromatic nitrogens is 4. The molecule has 0 radical (unpaired) electrons. The fourth-order valence-corrected chi connectivity index (χ4v) is 4.07. The third kappa shape index (κ3) is 5.90. The molecule has 0 saturated heterocycles. The van der Waals surface area contributed by atoms with Crippen molar-refractivity contribution in [2.75, 3.05) is 25.6 Å². The van der Waals surface area contributed by atoms with Gasteiger partial charge in [0.1, 0.15) is 11.5 Å². The van der Waals surface area contributed by atoms with Crippen LogP contribution in [0.3, 0.4) is 0 Å². The summed E-state index contributed by atoms with van der Waals surface area (Å²) in [6.45, 7) is 5.71. The maximum atomic E-state index is 12.8. The van der Waals surface area contributed by atoms with Crippen molar-refractivity contribution in [2.24, 2.45) is 0 Å². The Balaban J connectivity index is 1.97. The minimum atomic E-state index is -2.68. The van der Waals surface area contributed by atoms with Gasteiger partial charge in [0.25, 0.3) is 17.1 Å². The zero-order chi connectivity index (χ0) is 28.8. The fourth-order valence-electron chi connectivity index (χ4n) is 3.53. The van der Waals surface area contributed by atoms with Crippen LogP contribution in [0.5, 0.6) is 23.1 Å². The molecule has 12 nitrogen and oxygen atoms in total. The number of nitrogens with zero attached hydrogens (tertiary/aromatic N) is 5. The largest absolute Gasteiger partial charge is 0.493 e. The average Bonchev–Trinajstić information content (AvgIpc) is 2.97. The number of methoxy groups -OCH3 is 3. The summed E-state index contributed by atoms with van der Waals surface area (Å²) in [4.78, 5) is 29.5. The molecule has 4 rings (SSSR count). The van der Waals surface area contributed by atoms with E-state index >= 15 is 0 Å². The number of hydrogen-bond acceptors (Lipinski definition) is 10. The highest BCUT2D eigenvalue weighted by Gasteiger charge is 2.29. The lowest BCUT2D eigenvalue weighted by atomic mass is 10.1. The van der Waals surface area contributed by atoms with Gasteiger partial charge in [-0.25, -0.2) is 24.0 Å². The number of anilines is 2. The molecule has 0 saturated carbocycles. The van der Waals surface area contributed by atoms with Gasteiger partial charge in [0.2, 0.25) is 5.75 Å². The van der Waals surface area contributed by atoms with Gasteiger partial charge in [-0.15, -0.1) is 0 Å². The molecule has 13 heteroatoms. The van der Waals surface area contributed by atoms with E-state index in [4.69, 9.17) is 18.9 Å². The van der Waals surface area contributed by atoms with Gasteiger partial charge in [-0.1, -0.05) is 18.7 Å². The van der Waals surface area contributed by atoms with Crippen LogP contribution < -0.4 is 18.5 Å². The number of ether oxygens (including phenoxy) is 4. The summed E-state index contributed by atoms with van der Waals surface area (Å²) in [6, 6.07) is 13.0.